The van der Waals surface area contributed by atoms with Gasteiger partial charge in [-0.3, -0.25) is 4.79 Å². The Kier molecular flexibility index (Phi) is 7.64. The van der Waals surface area contributed by atoms with Gasteiger partial charge in [-0.15, -0.1) is 11.3 Å². The number of piperidine rings is 1. The van der Waals surface area contributed by atoms with E-state index in [2.05, 4.69) is 20.6 Å². The zero-order valence-corrected chi connectivity index (χ0v) is 18.0. The van der Waals surface area contributed by atoms with Gasteiger partial charge in [0.2, 0.25) is 5.91 Å². The van der Waals surface area contributed by atoms with Crippen LogP contribution in [0.3, 0.4) is 0 Å². The van der Waals surface area contributed by atoms with Crippen molar-refractivity contribution in [3.63, 3.8) is 0 Å². The Morgan fingerprint density at radius 2 is 2.00 bits per heavy atom. The first kappa shape index (κ1) is 23.9. The van der Waals surface area contributed by atoms with Crippen molar-refractivity contribution in [2.45, 2.75) is 19.0 Å². The number of rotatable bonds is 3. The number of nitrogens with zero attached hydrogens (tertiary/aromatic N) is 2. The zero-order chi connectivity index (χ0) is 23.3. The smallest absolute Gasteiger partial charge is 0.475 e. The fourth-order valence-corrected chi connectivity index (χ4v) is 4.10. The first-order valence-corrected chi connectivity index (χ1v) is 10.7. The molecule has 1 aliphatic rings. The van der Waals surface area contributed by atoms with Gasteiger partial charge < -0.3 is 15.7 Å². The van der Waals surface area contributed by atoms with Crippen molar-refractivity contribution in [2.24, 2.45) is 5.92 Å². The highest BCUT2D eigenvalue weighted by Crippen LogP contribution is 2.33. The van der Waals surface area contributed by atoms with Crippen LogP contribution in [0.2, 0.25) is 5.15 Å². The Hall–Kier alpha value is -2.76. The molecule has 1 fully saturated rings. The van der Waals surface area contributed by atoms with Crippen molar-refractivity contribution >= 4 is 50.8 Å². The van der Waals surface area contributed by atoms with E-state index in [1.807, 2.05) is 24.3 Å². The zero-order valence-electron chi connectivity index (χ0n) is 16.4. The number of pyridine rings is 2. The van der Waals surface area contributed by atoms with Crippen LogP contribution in [0.1, 0.15) is 12.8 Å². The van der Waals surface area contributed by atoms with E-state index < -0.39 is 12.1 Å². The third kappa shape index (κ3) is 6.38. The topological polar surface area (TPSA) is 104 Å². The summed E-state index contributed by atoms with van der Waals surface area (Å²) in [6, 6.07) is 9.58. The fourth-order valence-electron chi connectivity index (χ4n) is 2.96. The van der Waals surface area contributed by atoms with E-state index in [1.54, 1.807) is 23.6 Å². The van der Waals surface area contributed by atoms with Crippen LogP contribution >= 0.6 is 22.9 Å². The lowest BCUT2D eigenvalue weighted by molar-refractivity contribution is -0.192. The largest absolute Gasteiger partial charge is 0.490 e. The number of carboxylic acids is 1. The summed E-state index contributed by atoms with van der Waals surface area (Å²) in [5.74, 6) is -2.11. The van der Waals surface area contributed by atoms with Gasteiger partial charge in [0.1, 0.15) is 11.0 Å². The number of halogens is 4. The molecule has 1 unspecified atom stereocenters. The summed E-state index contributed by atoms with van der Waals surface area (Å²) in [7, 11) is 0. The molecule has 0 aromatic carbocycles. The number of amides is 1. The average molecular weight is 487 g/mol. The van der Waals surface area contributed by atoms with Crippen LogP contribution in [0.4, 0.5) is 19.0 Å². The lowest BCUT2D eigenvalue weighted by atomic mass is 9.99. The van der Waals surface area contributed by atoms with Crippen LogP contribution < -0.4 is 10.6 Å². The number of carbonyl (C=O) groups is 2. The normalized spacial score (nSPS) is 16.2. The van der Waals surface area contributed by atoms with E-state index in [9.17, 15) is 18.0 Å². The number of aromatic nitrogens is 2. The highest BCUT2D eigenvalue weighted by atomic mass is 35.5. The summed E-state index contributed by atoms with van der Waals surface area (Å²) >= 11 is 7.59. The van der Waals surface area contributed by atoms with Crippen molar-refractivity contribution in [3.05, 3.63) is 41.7 Å². The number of hydrogen-bond donors (Lipinski definition) is 3. The number of hydrogen-bond acceptors (Lipinski definition) is 6. The third-order valence-corrected chi connectivity index (χ3v) is 5.90. The van der Waals surface area contributed by atoms with Crippen molar-refractivity contribution in [1.82, 2.24) is 15.3 Å². The molecule has 7 nitrogen and oxygen atoms in total. The summed E-state index contributed by atoms with van der Waals surface area (Å²) in [6.07, 6.45) is -1.34. The molecule has 0 bridgehead atoms. The Morgan fingerprint density at radius 3 is 2.59 bits per heavy atom. The van der Waals surface area contributed by atoms with Crippen LogP contribution in [0.25, 0.3) is 20.7 Å². The minimum Gasteiger partial charge on any atom is -0.475 e. The van der Waals surface area contributed by atoms with Crippen LogP contribution in [0.15, 0.2) is 36.5 Å². The van der Waals surface area contributed by atoms with Gasteiger partial charge in [0.15, 0.2) is 0 Å². The lowest BCUT2D eigenvalue weighted by Gasteiger charge is -2.21. The van der Waals surface area contributed by atoms with Crippen molar-refractivity contribution in [2.75, 3.05) is 18.4 Å². The maximum Gasteiger partial charge on any atom is 0.490 e. The van der Waals surface area contributed by atoms with E-state index in [0.29, 0.717) is 11.0 Å². The number of nitrogens with one attached hydrogen (secondary N) is 2. The molecule has 0 aliphatic carbocycles. The number of carbonyl (C=O) groups excluding carboxylic acids is 1. The predicted octanol–water partition coefficient (Wildman–Crippen LogP) is 4.58. The molecule has 3 aromatic heterocycles. The van der Waals surface area contributed by atoms with Crippen LogP contribution in [-0.2, 0) is 9.59 Å². The second kappa shape index (κ2) is 10.2. The Balaban J connectivity index is 0.000000360. The van der Waals surface area contributed by atoms with E-state index >= 15 is 0 Å². The number of anilines is 1. The van der Waals surface area contributed by atoms with E-state index in [4.69, 9.17) is 21.5 Å². The molecule has 4 heterocycles. The van der Waals surface area contributed by atoms with Crippen LogP contribution in [-0.4, -0.2) is 46.2 Å². The van der Waals surface area contributed by atoms with Gasteiger partial charge in [-0.1, -0.05) is 11.6 Å². The Morgan fingerprint density at radius 1 is 1.25 bits per heavy atom. The third-order valence-electron chi connectivity index (χ3n) is 4.55. The van der Waals surface area contributed by atoms with Crippen LogP contribution in [0, 0.1) is 5.92 Å². The van der Waals surface area contributed by atoms with Crippen molar-refractivity contribution in [1.29, 1.82) is 0 Å². The Bertz CT molecular complexity index is 1100. The summed E-state index contributed by atoms with van der Waals surface area (Å²) in [5.41, 5.74) is 1.88. The SMILES string of the molecule is O=C(Nc1ccc(-c2cc3nc(Cl)ccc3s2)cn1)C1CCCNC1.O=C(O)C(F)(F)F. The molecule has 32 heavy (non-hydrogen) atoms. The molecule has 1 atom stereocenters. The summed E-state index contributed by atoms with van der Waals surface area (Å²) < 4.78 is 32.8. The molecule has 0 radical (unpaired) electrons. The molecule has 3 N–H and O–H groups in total. The van der Waals surface area contributed by atoms with Crippen molar-refractivity contribution in [3.8, 4) is 10.4 Å². The summed E-state index contributed by atoms with van der Waals surface area (Å²) in [4.78, 5) is 30.9. The molecule has 1 saturated heterocycles. The monoisotopic (exact) mass is 486 g/mol. The molecular weight excluding hydrogens is 469 g/mol. The number of thiophene rings is 1. The fraction of sp³-hybridized carbons (Fsp3) is 0.300. The molecule has 0 saturated carbocycles. The molecule has 4 rings (SSSR count). The quantitative estimate of drug-likeness (QED) is 0.468. The molecule has 1 amide bonds. The number of fused-ring (bicyclic) bond motifs is 1. The van der Waals surface area contributed by atoms with E-state index in [1.165, 1.54) is 0 Å². The second-order valence-corrected chi connectivity index (χ2v) is 8.37. The van der Waals surface area contributed by atoms with Gasteiger partial charge in [-0.25, -0.2) is 14.8 Å². The average Bonchev–Trinajstić information content (AvgIpc) is 3.18. The molecule has 1 aliphatic heterocycles. The van der Waals surface area contributed by atoms with Gasteiger partial charge in [0.05, 0.1) is 16.1 Å². The second-order valence-electron chi connectivity index (χ2n) is 6.90. The number of carboxylic acid groups (broad SMARTS) is 1. The van der Waals surface area contributed by atoms with E-state index in [0.717, 1.165) is 46.6 Å². The van der Waals surface area contributed by atoms with Gasteiger partial charge in [-0.2, -0.15) is 13.2 Å². The minimum absolute atomic E-state index is 0.0219. The first-order valence-electron chi connectivity index (χ1n) is 9.47. The van der Waals surface area contributed by atoms with Crippen LogP contribution in [0.5, 0.6) is 0 Å². The highest BCUT2D eigenvalue weighted by Gasteiger charge is 2.38. The minimum atomic E-state index is -5.08. The van der Waals surface area contributed by atoms with Crippen molar-refractivity contribution < 1.29 is 27.9 Å². The number of aliphatic carboxylic acids is 1. The van der Waals surface area contributed by atoms with E-state index in [-0.39, 0.29) is 11.8 Å². The molecule has 0 spiro atoms. The van der Waals surface area contributed by atoms with Gasteiger partial charge in [-0.05, 0) is 49.7 Å². The van der Waals surface area contributed by atoms with Gasteiger partial charge in [0.25, 0.3) is 0 Å². The standard InChI is InChI=1S/C18H17ClN4OS.C2HF3O2/c19-16-5-4-14-13(22-16)8-15(25-14)11-3-6-17(21-10-11)23-18(24)12-2-1-7-20-9-12;3-2(4,5)1(6)7/h3-6,8,10,12,20H,1-2,7,9H2,(H,21,23,24);(H,6,7). The first-order chi connectivity index (χ1) is 15.1. The summed E-state index contributed by atoms with van der Waals surface area (Å²) in [6.45, 7) is 1.73. The molecule has 3 aromatic rings. The highest BCUT2D eigenvalue weighted by molar-refractivity contribution is 7.22. The molecule has 170 valence electrons. The summed E-state index contributed by atoms with van der Waals surface area (Å²) in [5, 5.41) is 13.8. The lowest BCUT2D eigenvalue weighted by Crippen LogP contribution is -2.37. The maximum absolute atomic E-state index is 12.3. The maximum atomic E-state index is 12.3. The molecular formula is C20H18ClF3N4O3S. The predicted molar refractivity (Wildman–Crippen MR) is 116 cm³/mol. The van der Waals surface area contributed by atoms with Gasteiger partial charge in [0, 0.05) is 23.2 Å². The Labute approximate surface area is 189 Å². The van der Waals surface area contributed by atoms with Gasteiger partial charge >= 0.3 is 12.1 Å². The number of alkyl halides is 3. The molecule has 12 heteroatoms.